The fourth-order valence-corrected chi connectivity index (χ4v) is 5.94. The number of carbonyl (C=O) groups is 3. The summed E-state index contributed by atoms with van der Waals surface area (Å²) in [5.41, 5.74) is 1.59. The maximum atomic E-state index is 13.7. The van der Waals surface area contributed by atoms with Gasteiger partial charge in [0, 0.05) is 44.5 Å². The first-order chi connectivity index (χ1) is 16.9. The van der Waals surface area contributed by atoms with Crippen LogP contribution >= 0.6 is 0 Å². The van der Waals surface area contributed by atoms with Crippen LogP contribution in [0.5, 0.6) is 0 Å². The van der Waals surface area contributed by atoms with Gasteiger partial charge in [0.1, 0.15) is 19.1 Å². The second kappa shape index (κ2) is 9.91. The highest BCUT2D eigenvalue weighted by atomic mass is 16.5. The number of piperazine rings is 1. The molecule has 0 saturated carbocycles. The van der Waals surface area contributed by atoms with Crippen molar-refractivity contribution in [3.05, 3.63) is 71.8 Å². The molecule has 35 heavy (non-hydrogen) atoms. The molecule has 2 bridgehead atoms. The van der Waals surface area contributed by atoms with Gasteiger partial charge in [-0.05, 0) is 5.56 Å². The minimum atomic E-state index is -0.608. The van der Waals surface area contributed by atoms with E-state index in [1.165, 1.54) is 0 Å². The summed E-state index contributed by atoms with van der Waals surface area (Å²) < 4.78 is 6.92. The molecule has 1 unspecified atom stereocenters. The van der Waals surface area contributed by atoms with E-state index in [0.29, 0.717) is 36.6 Å². The number of quaternary nitrogens is 1. The molecule has 4 fully saturated rings. The molecule has 2 aromatic carbocycles. The topological polar surface area (TPSA) is 66.9 Å². The Morgan fingerprint density at radius 3 is 2.31 bits per heavy atom. The van der Waals surface area contributed by atoms with E-state index in [2.05, 4.69) is 0 Å². The molecule has 7 heteroatoms. The fourth-order valence-electron chi connectivity index (χ4n) is 5.94. The van der Waals surface area contributed by atoms with Crippen LogP contribution in [0.2, 0.25) is 0 Å². The molecule has 184 valence electrons. The number of nitrogens with zero attached hydrogens (tertiary/aromatic N) is 3. The third-order valence-corrected chi connectivity index (χ3v) is 8.07. The predicted molar refractivity (Wildman–Crippen MR) is 131 cm³/mol. The number of Topliss-reactive ketones (excluding diaryl/α,β-unsaturated/α-hetero) is 1. The zero-order valence-electron chi connectivity index (χ0n) is 20.3. The quantitative estimate of drug-likeness (QED) is 0.349. The van der Waals surface area contributed by atoms with Crippen LogP contribution in [0.15, 0.2) is 60.7 Å². The van der Waals surface area contributed by atoms with Crippen molar-refractivity contribution >= 4 is 17.7 Å². The number of ether oxygens (including phenoxy) is 1. The number of esters is 1. The number of piperidine rings is 3. The number of hydrogen-bond acceptors (Lipinski definition) is 5. The van der Waals surface area contributed by atoms with Crippen molar-refractivity contribution < 1.29 is 23.6 Å². The van der Waals surface area contributed by atoms with E-state index in [9.17, 15) is 14.4 Å². The molecule has 4 saturated heterocycles. The highest BCUT2D eigenvalue weighted by Gasteiger charge is 2.49. The van der Waals surface area contributed by atoms with Crippen LogP contribution in [0, 0.1) is 5.92 Å². The molecule has 4 aliphatic rings. The van der Waals surface area contributed by atoms with Gasteiger partial charge in [0.05, 0.1) is 19.6 Å². The molecule has 6 rings (SSSR count). The number of benzene rings is 2. The average molecular weight is 477 g/mol. The molecular weight excluding hydrogens is 442 g/mol. The number of rotatable bonds is 7. The highest BCUT2D eigenvalue weighted by molar-refractivity contribution is 5.97. The summed E-state index contributed by atoms with van der Waals surface area (Å²) >= 11 is 0. The second-order valence-corrected chi connectivity index (χ2v) is 10.3. The van der Waals surface area contributed by atoms with Crippen molar-refractivity contribution in [3.63, 3.8) is 0 Å². The zero-order valence-corrected chi connectivity index (χ0v) is 20.3. The number of likely N-dealkylation sites (N-methyl/N-ethyl adjacent to an activating group) is 1. The summed E-state index contributed by atoms with van der Waals surface area (Å²) in [5.74, 6) is 0.196. The second-order valence-electron chi connectivity index (χ2n) is 10.3. The molecule has 0 radical (unpaired) electrons. The van der Waals surface area contributed by atoms with Crippen LogP contribution in [-0.2, 0) is 14.3 Å². The monoisotopic (exact) mass is 476 g/mol. The Kier molecular flexibility index (Phi) is 6.71. The van der Waals surface area contributed by atoms with E-state index in [4.69, 9.17) is 4.74 Å². The van der Waals surface area contributed by atoms with Crippen LogP contribution < -0.4 is 0 Å². The maximum Gasteiger partial charge on any atom is 0.328 e. The Hall–Kier alpha value is -3.03. The molecule has 2 atom stereocenters. The Bertz CT molecular complexity index is 1070. The minimum Gasteiger partial charge on any atom is -0.455 e. The van der Waals surface area contributed by atoms with Crippen molar-refractivity contribution in [2.75, 3.05) is 52.9 Å². The SMILES string of the molecule is CN1CCN(C(C(=O)O[C@H]2C[N+]3(CC(=O)c4ccccc4)CCC2CC3)c2ccccc2)CC1=O. The van der Waals surface area contributed by atoms with Crippen LogP contribution in [0.3, 0.4) is 0 Å². The summed E-state index contributed by atoms with van der Waals surface area (Å²) in [7, 11) is 1.79. The lowest BCUT2D eigenvalue weighted by molar-refractivity contribution is -0.938. The van der Waals surface area contributed by atoms with Gasteiger partial charge in [0.2, 0.25) is 11.7 Å². The maximum absolute atomic E-state index is 13.7. The number of hydrogen-bond donors (Lipinski definition) is 0. The van der Waals surface area contributed by atoms with E-state index in [0.717, 1.165) is 37.1 Å². The smallest absolute Gasteiger partial charge is 0.328 e. The number of fused-ring (bicyclic) bond motifs is 3. The van der Waals surface area contributed by atoms with E-state index >= 15 is 0 Å². The Morgan fingerprint density at radius 1 is 1.00 bits per heavy atom. The third-order valence-electron chi connectivity index (χ3n) is 8.07. The van der Waals surface area contributed by atoms with Crippen molar-refractivity contribution in [2.45, 2.75) is 25.0 Å². The molecule has 0 spiro atoms. The molecule has 0 N–H and O–H groups in total. The summed E-state index contributed by atoms with van der Waals surface area (Å²) in [6.45, 7) is 4.43. The van der Waals surface area contributed by atoms with Gasteiger partial charge in [-0.15, -0.1) is 0 Å². The van der Waals surface area contributed by atoms with E-state index in [1.54, 1.807) is 11.9 Å². The molecule has 7 nitrogen and oxygen atoms in total. The van der Waals surface area contributed by atoms with Crippen LogP contribution in [0.25, 0.3) is 0 Å². The van der Waals surface area contributed by atoms with E-state index in [1.807, 2.05) is 65.6 Å². The first-order valence-corrected chi connectivity index (χ1v) is 12.6. The van der Waals surface area contributed by atoms with Crippen LogP contribution in [-0.4, -0.2) is 90.9 Å². The van der Waals surface area contributed by atoms with Gasteiger partial charge >= 0.3 is 5.97 Å². The molecule has 4 aliphatic heterocycles. The first kappa shape index (κ1) is 23.7. The summed E-state index contributed by atoms with van der Waals surface area (Å²) in [6, 6.07) is 18.5. The summed E-state index contributed by atoms with van der Waals surface area (Å²) in [4.78, 5) is 42.7. The Labute approximate surface area is 206 Å². The number of amides is 1. The standard InChI is InChI=1S/C28H34N3O4/c1-29-14-15-30(18-26(29)33)27(23-10-6-3-7-11-23)28(34)35-25-20-31(16-12-22(25)13-17-31)19-24(32)21-8-4-2-5-9-21/h2-11,22,25,27H,12-20H2,1H3/q+1/t22?,25-,27?,31?/m0/s1. The van der Waals surface area contributed by atoms with Gasteiger partial charge in [-0.25, -0.2) is 4.79 Å². The third kappa shape index (κ3) is 5.02. The van der Waals surface area contributed by atoms with Gasteiger partial charge in [-0.1, -0.05) is 60.7 Å². The lowest BCUT2D eigenvalue weighted by Gasteiger charge is -2.51. The number of ketones is 1. The summed E-state index contributed by atoms with van der Waals surface area (Å²) in [6.07, 6.45) is 1.72. The lowest BCUT2D eigenvalue weighted by Crippen LogP contribution is -2.66. The van der Waals surface area contributed by atoms with Crippen molar-refractivity contribution in [2.24, 2.45) is 5.92 Å². The predicted octanol–water partition coefficient (Wildman–Crippen LogP) is 2.54. The molecule has 2 aromatic rings. The Morgan fingerprint density at radius 2 is 1.66 bits per heavy atom. The Balaban J connectivity index is 1.32. The zero-order chi connectivity index (χ0) is 24.4. The van der Waals surface area contributed by atoms with Crippen molar-refractivity contribution in [1.82, 2.24) is 9.80 Å². The molecule has 0 aromatic heterocycles. The fraction of sp³-hybridized carbons (Fsp3) is 0.464. The van der Waals surface area contributed by atoms with Crippen molar-refractivity contribution in [1.29, 1.82) is 0 Å². The van der Waals surface area contributed by atoms with E-state index < -0.39 is 6.04 Å². The molecule has 1 amide bonds. The largest absolute Gasteiger partial charge is 0.455 e. The molecular formula is C28H34N3O4+. The van der Waals surface area contributed by atoms with Gasteiger partial charge < -0.3 is 14.1 Å². The molecule has 4 heterocycles. The number of carbonyl (C=O) groups excluding carboxylic acids is 3. The van der Waals surface area contributed by atoms with Gasteiger partial charge in [-0.2, -0.15) is 0 Å². The van der Waals surface area contributed by atoms with E-state index in [-0.39, 0.29) is 30.3 Å². The average Bonchev–Trinajstić information content (AvgIpc) is 2.88. The van der Waals surface area contributed by atoms with Crippen LogP contribution in [0.1, 0.15) is 34.8 Å². The van der Waals surface area contributed by atoms with Crippen LogP contribution in [0.4, 0.5) is 0 Å². The highest BCUT2D eigenvalue weighted by Crippen LogP contribution is 2.37. The van der Waals surface area contributed by atoms with Gasteiger partial charge in [-0.3, -0.25) is 14.5 Å². The lowest BCUT2D eigenvalue weighted by atomic mass is 9.82. The first-order valence-electron chi connectivity index (χ1n) is 12.6. The van der Waals surface area contributed by atoms with Gasteiger partial charge in [0.25, 0.3) is 0 Å². The normalized spacial score (nSPS) is 27.5. The molecule has 0 aliphatic carbocycles. The van der Waals surface area contributed by atoms with Crippen molar-refractivity contribution in [3.8, 4) is 0 Å². The van der Waals surface area contributed by atoms with Gasteiger partial charge in [0.15, 0.2) is 6.10 Å². The minimum absolute atomic E-state index is 0.0109. The summed E-state index contributed by atoms with van der Waals surface area (Å²) in [5, 5.41) is 0.